The number of nitrogens with one attached hydrogen (secondary N) is 1. The molecule has 144 valence electrons. The van der Waals surface area contributed by atoms with E-state index in [-0.39, 0.29) is 11.8 Å². The Morgan fingerprint density at radius 3 is 2.70 bits per heavy atom. The maximum absolute atomic E-state index is 12.5. The maximum Gasteiger partial charge on any atom is 0.271 e. The minimum atomic E-state index is -0.147. The van der Waals surface area contributed by atoms with Crippen molar-refractivity contribution in [1.82, 2.24) is 20.0 Å². The second-order valence-corrected chi connectivity index (χ2v) is 7.50. The van der Waals surface area contributed by atoms with Crippen LogP contribution in [0.5, 0.6) is 0 Å². The van der Waals surface area contributed by atoms with Gasteiger partial charge in [0, 0.05) is 19.5 Å². The molecule has 3 rings (SSSR count). The summed E-state index contributed by atoms with van der Waals surface area (Å²) in [5, 5.41) is 7.28. The Balaban J connectivity index is 1.51. The molecule has 0 atom stereocenters. The fraction of sp³-hybridized carbons (Fsp3) is 0.476. The van der Waals surface area contributed by atoms with Gasteiger partial charge in [0.25, 0.3) is 5.91 Å². The summed E-state index contributed by atoms with van der Waals surface area (Å²) in [6.07, 6.45) is 2.31. The highest BCUT2D eigenvalue weighted by Crippen LogP contribution is 2.16. The van der Waals surface area contributed by atoms with Gasteiger partial charge >= 0.3 is 0 Å². The lowest BCUT2D eigenvalue weighted by Crippen LogP contribution is -2.38. The summed E-state index contributed by atoms with van der Waals surface area (Å²) in [6.45, 7) is 6.55. The van der Waals surface area contributed by atoms with Crippen LogP contribution < -0.4 is 5.32 Å². The molecule has 0 saturated carbocycles. The molecule has 2 aromatic rings. The standard InChI is InChI=1S/C21H28N4O2/c1-16(2)14-22-21(27)19-13-18-15-24(11-12-25(18)23-19)20(26)10-6-9-17-7-4-3-5-8-17/h3-5,7-8,13,16H,6,9-12,14-15H2,1-2H3,(H,22,27). The number of fused-ring (bicyclic) bond motifs is 1. The number of hydrogen-bond donors (Lipinski definition) is 1. The highest BCUT2D eigenvalue weighted by Gasteiger charge is 2.23. The van der Waals surface area contributed by atoms with Crippen molar-refractivity contribution in [3.63, 3.8) is 0 Å². The fourth-order valence-electron chi connectivity index (χ4n) is 3.22. The quantitative estimate of drug-likeness (QED) is 0.817. The van der Waals surface area contributed by atoms with Crippen molar-refractivity contribution in [2.24, 2.45) is 5.92 Å². The van der Waals surface area contributed by atoms with E-state index in [0.29, 0.717) is 44.2 Å². The molecule has 6 nitrogen and oxygen atoms in total. The molecule has 1 aliphatic rings. The smallest absolute Gasteiger partial charge is 0.271 e. The molecule has 1 aliphatic heterocycles. The molecule has 1 N–H and O–H groups in total. The fourth-order valence-corrected chi connectivity index (χ4v) is 3.22. The number of carbonyl (C=O) groups excluding carboxylic acids is 2. The van der Waals surface area contributed by atoms with Crippen LogP contribution in [-0.2, 0) is 24.3 Å². The topological polar surface area (TPSA) is 67.2 Å². The molecular formula is C21H28N4O2. The molecule has 27 heavy (non-hydrogen) atoms. The van der Waals surface area contributed by atoms with Gasteiger partial charge < -0.3 is 10.2 Å². The number of aryl methyl sites for hydroxylation is 1. The van der Waals surface area contributed by atoms with Gasteiger partial charge in [0.2, 0.25) is 5.91 Å². The lowest BCUT2D eigenvalue weighted by atomic mass is 10.1. The molecule has 0 unspecified atom stereocenters. The first kappa shape index (κ1) is 19.1. The number of rotatable bonds is 7. The monoisotopic (exact) mass is 368 g/mol. The molecule has 0 bridgehead atoms. The van der Waals surface area contributed by atoms with Gasteiger partial charge in [-0.1, -0.05) is 44.2 Å². The number of hydrogen-bond acceptors (Lipinski definition) is 3. The van der Waals surface area contributed by atoms with E-state index in [0.717, 1.165) is 18.5 Å². The third kappa shape index (κ3) is 5.18. The first-order chi connectivity index (χ1) is 13.0. The van der Waals surface area contributed by atoms with Crippen molar-refractivity contribution in [1.29, 1.82) is 0 Å². The molecular weight excluding hydrogens is 340 g/mol. The summed E-state index contributed by atoms with van der Waals surface area (Å²) in [5.41, 5.74) is 2.62. The van der Waals surface area contributed by atoms with E-state index in [1.54, 1.807) is 6.07 Å². The van der Waals surface area contributed by atoms with E-state index >= 15 is 0 Å². The molecule has 0 aliphatic carbocycles. The molecule has 0 fully saturated rings. The molecule has 0 radical (unpaired) electrons. The van der Waals surface area contributed by atoms with Gasteiger partial charge in [0.15, 0.2) is 5.69 Å². The van der Waals surface area contributed by atoms with Crippen LogP contribution >= 0.6 is 0 Å². The highest BCUT2D eigenvalue weighted by atomic mass is 16.2. The number of nitrogens with zero attached hydrogens (tertiary/aromatic N) is 3. The summed E-state index contributed by atoms with van der Waals surface area (Å²) < 4.78 is 1.85. The van der Waals surface area contributed by atoms with E-state index < -0.39 is 0 Å². The zero-order valence-corrected chi connectivity index (χ0v) is 16.1. The number of benzene rings is 1. The lowest BCUT2D eigenvalue weighted by Gasteiger charge is -2.27. The van der Waals surface area contributed by atoms with Gasteiger partial charge in [-0.3, -0.25) is 14.3 Å². The van der Waals surface area contributed by atoms with Gasteiger partial charge in [0.05, 0.1) is 18.8 Å². The average Bonchev–Trinajstić information content (AvgIpc) is 3.10. The summed E-state index contributed by atoms with van der Waals surface area (Å²) in [6, 6.07) is 12.0. The van der Waals surface area contributed by atoms with Crippen molar-refractivity contribution < 1.29 is 9.59 Å². The van der Waals surface area contributed by atoms with Crippen LogP contribution in [0.3, 0.4) is 0 Å². The van der Waals surface area contributed by atoms with Gasteiger partial charge in [-0.25, -0.2) is 0 Å². The molecule has 0 saturated heterocycles. The predicted molar refractivity (Wildman–Crippen MR) is 104 cm³/mol. The first-order valence-corrected chi connectivity index (χ1v) is 9.69. The molecule has 1 aromatic carbocycles. The van der Waals surface area contributed by atoms with Gasteiger partial charge in [-0.2, -0.15) is 5.10 Å². The average molecular weight is 368 g/mol. The second-order valence-electron chi connectivity index (χ2n) is 7.50. The van der Waals surface area contributed by atoms with Gasteiger partial charge in [-0.15, -0.1) is 0 Å². The Bertz CT molecular complexity index is 783. The van der Waals surface area contributed by atoms with Crippen LogP contribution in [0.4, 0.5) is 0 Å². The van der Waals surface area contributed by atoms with Crippen LogP contribution in [0.1, 0.15) is 48.4 Å². The number of carbonyl (C=O) groups is 2. The lowest BCUT2D eigenvalue weighted by molar-refractivity contribution is -0.132. The number of amides is 2. The molecule has 6 heteroatoms. The molecule has 1 aromatic heterocycles. The third-order valence-electron chi connectivity index (χ3n) is 4.75. The van der Waals surface area contributed by atoms with E-state index in [1.165, 1.54) is 5.56 Å². The predicted octanol–water partition coefficient (Wildman–Crippen LogP) is 2.63. The Hall–Kier alpha value is -2.63. The van der Waals surface area contributed by atoms with E-state index in [2.05, 4.69) is 36.4 Å². The van der Waals surface area contributed by atoms with Crippen LogP contribution in [0.15, 0.2) is 36.4 Å². The molecule has 2 heterocycles. The van der Waals surface area contributed by atoms with Gasteiger partial charge in [-0.05, 0) is 30.4 Å². The Kier molecular flexibility index (Phi) is 6.27. The van der Waals surface area contributed by atoms with E-state index in [4.69, 9.17) is 0 Å². The molecule has 0 spiro atoms. The SMILES string of the molecule is CC(C)CNC(=O)c1cc2n(n1)CCN(C(=O)CCCc1ccccc1)C2. The van der Waals surface area contributed by atoms with Crippen LogP contribution in [0, 0.1) is 5.92 Å². The minimum Gasteiger partial charge on any atom is -0.350 e. The number of aromatic nitrogens is 2. The Labute approximate surface area is 160 Å². The minimum absolute atomic E-state index is 0.147. The van der Waals surface area contributed by atoms with E-state index in [1.807, 2.05) is 27.8 Å². The van der Waals surface area contributed by atoms with Crippen molar-refractivity contribution >= 4 is 11.8 Å². The van der Waals surface area contributed by atoms with Crippen LogP contribution in [0.25, 0.3) is 0 Å². The van der Waals surface area contributed by atoms with Crippen molar-refractivity contribution in [2.75, 3.05) is 13.1 Å². The zero-order chi connectivity index (χ0) is 19.2. The summed E-state index contributed by atoms with van der Waals surface area (Å²) in [5.74, 6) is 0.422. The maximum atomic E-state index is 12.5. The van der Waals surface area contributed by atoms with Gasteiger partial charge in [0.1, 0.15) is 0 Å². The first-order valence-electron chi connectivity index (χ1n) is 9.69. The van der Waals surface area contributed by atoms with Crippen LogP contribution in [0.2, 0.25) is 0 Å². The normalized spacial score (nSPS) is 13.5. The van der Waals surface area contributed by atoms with Crippen molar-refractivity contribution in [3.8, 4) is 0 Å². The third-order valence-corrected chi connectivity index (χ3v) is 4.75. The second kappa shape index (κ2) is 8.84. The zero-order valence-electron chi connectivity index (χ0n) is 16.1. The summed E-state index contributed by atoms with van der Waals surface area (Å²) in [7, 11) is 0. The van der Waals surface area contributed by atoms with Crippen LogP contribution in [-0.4, -0.2) is 39.6 Å². The highest BCUT2D eigenvalue weighted by molar-refractivity contribution is 5.92. The largest absolute Gasteiger partial charge is 0.350 e. The summed E-state index contributed by atoms with van der Waals surface area (Å²) in [4.78, 5) is 26.6. The van der Waals surface area contributed by atoms with E-state index in [9.17, 15) is 9.59 Å². The Morgan fingerprint density at radius 2 is 1.96 bits per heavy atom. The Morgan fingerprint density at radius 1 is 1.19 bits per heavy atom. The van der Waals surface area contributed by atoms with Crippen molar-refractivity contribution in [2.45, 2.75) is 46.2 Å². The van der Waals surface area contributed by atoms with Crippen molar-refractivity contribution in [3.05, 3.63) is 53.3 Å². The summed E-state index contributed by atoms with van der Waals surface area (Å²) >= 11 is 0. The molecule has 2 amide bonds.